The predicted molar refractivity (Wildman–Crippen MR) is 63.7 cm³/mol. The van der Waals surface area contributed by atoms with Crippen molar-refractivity contribution in [1.29, 1.82) is 0 Å². The molecule has 0 aliphatic heterocycles. The molecule has 0 saturated heterocycles. The first-order chi connectivity index (χ1) is 6.61. The molecule has 0 heterocycles. The number of rotatable bonds is 4. The Kier molecular flexibility index (Phi) is 4.19. The Morgan fingerprint density at radius 3 is 2.14 bits per heavy atom. The zero-order valence-corrected chi connectivity index (χ0v) is 9.93. The van der Waals surface area contributed by atoms with Crippen LogP contribution >= 0.6 is 0 Å². The highest BCUT2D eigenvalue weighted by atomic mass is 14.1. The molecule has 0 aliphatic rings. The molecule has 0 spiro atoms. The summed E-state index contributed by atoms with van der Waals surface area (Å²) in [5.41, 5.74) is 4.29. The van der Waals surface area contributed by atoms with Crippen LogP contribution in [-0.4, -0.2) is 0 Å². The molecule has 0 N–H and O–H groups in total. The quantitative estimate of drug-likeness (QED) is 0.664. The first-order valence-corrected chi connectivity index (χ1v) is 5.69. The zero-order valence-electron chi connectivity index (χ0n) is 9.93. The van der Waals surface area contributed by atoms with E-state index >= 15 is 0 Å². The van der Waals surface area contributed by atoms with Gasteiger partial charge in [-0.15, -0.1) is 0 Å². The van der Waals surface area contributed by atoms with Gasteiger partial charge in [-0.1, -0.05) is 49.6 Å². The van der Waals surface area contributed by atoms with E-state index in [0.717, 1.165) is 5.92 Å². The van der Waals surface area contributed by atoms with Crippen molar-refractivity contribution < 1.29 is 0 Å². The van der Waals surface area contributed by atoms with Crippen LogP contribution in [0.25, 0.3) is 0 Å². The van der Waals surface area contributed by atoms with Gasteiger partial charge < -0.3 is 0 Å². The molecule has 0 saturated carbocycles. The van der Waals surface area contributed by atoms with Gasteiger partial charge in [0.1, 0.15) is 0 Å². The number of aryl methyl sites for hydroxylation is 3. The Labute approximate surface area is 88.4 Å². The van der Waals surface area contributed by atoms with E-state index in [2.05, 4.69) is 45.9 Å². The van der Waals surface area contributed by atoms with Crippen LogP contribution in [-0.2, 0) is 6.42 Å². The van der Waals surface area contributed by atoms with Crippen LogP contribution in [0.1, 0.15) is 43.4 Å². The van der Waals surface area contributed by atoms with Gasteiger partial charge >= 0.3 is 0 Å². The van der Waals surface area contributed by atoms with Crippen molar-refractivity contribution in [3.8, 4) is 0 Å². The van der Waals surface area contributed by atoms with Crippen molar-refractivity contribution in [1.82, 2.24) is 0 Å². The minimum Gasteiger partial charge on any atom is -0.0651 e. The summed E-state index contributed by atoms with van der Waals surface area (Å²) in [6, 6.07) is 6.87. The topological polar surface area (TPSA) is 0 Å². The fourth-order valence-electron chi connectivity index (χ4n) is 1.83. The predicted octanol–water partition coefficient (Wildman–Crippen LogP) is 4.28. The summed E-state index contributed by atoms with van der Waals surface area (Å²) in [7, 11) is 0. The first kappa shape index (κ1) is 11.3. The molecule has 78 valence electrons. The SMILES string of the molecule is CCC(C)CCc1cc(C)cc(C)c1. The van der Waals surface area contributed by atoms with Gasteiger partial charge in [0, 0.05) is 0 Å². The molecule has 1 rings (SSSR count). The first-order valence-electron chi connectivity index (χ1n) is 5.69. The second-order valence-electron chi connectivity index (χ2n) is 4.55. The number of hydrogen-bond donors (Lipinski definition) is 0. The Bertz CT molecular complexity index is 266. The lowest BCUT2D eigenvalue weighted by molar-refractivity contribution is 0.516. The molecule has 1 aromatic rings. The molecular formula is C14H22. The van der Waals surface area contributed by atoms with Gasteiger partial charge in [0.05, 0.1) is 0 Å². The van der Waals surface area contributed by atoms with E-state index in [9.17, 15) is 0 Å². The summed E-state index contributed by atoms with van der Waals surface area (Å²) >= 11 is 0. The summed E-state index contributed by atoms with van der Waals surface area (Å²) in [6.07, 6.45) is 3.85. The molecule has 0 nitrogen and oxygen atoms in total. The molecule has 1 aromatic carbocycles. The van der Waals surface area contributed by atoms with E-state index < -0.39 is 0 Å². The summed E-state index contributed by atoms with van der Waals surface area (Å²) in [5.74, 6) is 0.857. The summed E-state index contributed by atoms with van der Waals surface area (Å²) in [6.45, 7) is 8.97. The van der Waals surface area contributed by atoms with E-state index in [4.69, 9.17) is 0 Å². The zero-order chi connectivity index (χ0) is 10.6. The second-order valence-corrected chi connectivity index (χ2v) is 4.55. The summed E-state index contributed by atoms with van der Waals surface area (Å²) in [4.78, 5) is 0. The van der Waals surface area contributed by atoms with Gasteiger partial charge in [-0.25, -0.2) is 0 Å². The van der Waals surface area contributed by atoms with Crippen LogP contribution in [0.15, 0.2) is 18.2 Å². The van der Waals surface area contributed by atoms with E-state index in [1.54, 1.807) is 0 Å². The van der Waals surface area contributed by atoms with Crippen molar-refractivity contribution in [2.75, 3.05) is 0 Å². The van der Waals surface area contributed by atoms with Crippen LogP contribution < -0.4 is 0 Å². The highest BCUT2D eigenvalue weighted by Crippen LogP contribution is 2.15. The smallest absolute Gasteiger partial charge is 0.0276 e. The van der Waals surface area contributed by atoms with E-state index in [1.807, 2.05) is 0 Å². The van der Waals surface area contributed by atoms with Gasteiger partial charge in [-0.05, 0) is 38.2 Å². The second kappa shape index (κ2) is 5.19. The number of benzene rings is 1. The lowest BCUT2D eigenvalue weighted by Gasteiger charge is -2.09. The summed E-state index contributed by atoms with van der Waals surface area (Å²) < 4.78 is 0. The van der Waals surface area contributed by atoms with Crippen molar-refractivity contribution in [2.45, 2.75) is 47.0 Å². The molecule has 0 radical (unpaired) electrons. The van der Waals surface area contributed by atoms with Gasteiger partial charge in [0.2, 0.25) is 0 Å². The van der Waals surface area contributed by atoms with Gasteiger partial charge in [-0.3, -0.25) is 0 Å². The fraction of sp³-hybridized carbons (Fsp3) is 0.571. The largest absolute Gasteiger partial charge is 0.0651 e. The molecule has 1 atom stereocenters. The Morgan fingerprint density at radius 1 is 1.07 bits per heavy atom. The lowest BCUT2D eigenvalue weighted by Crippen LogP contribution is -1.96. The van der Waals surface area contributed by atoms with Crippen molar-refractivity contribution >= 4 is 0 Å². The Balaban J connectivity index is 2.58. The lowest BCUT2D eigenvalue weighted by atomic mass is 9.97. The molecule has 0 aliphatic carbocycles. The molecular weight excluding hydrogens is 168 g/mol. The van der Waals surface area contributed by atoms with Crippen LogP contribution in [0.4, 0.5) is 0 Å². The minimum absolute atomic E-state index is 0.857. The normalized spacial score (nSPS) is 12.9. The highest BCUT2D eigenvalue weighted by molar-refractivity contribution is 5.28. The van der Waals surface area contributed by atoms with Gasteiger partial charge in [0.25, 0.3) is 0 Å². The average molecular weight is 190 g/mol. The molecule has 0 aromatic heterocycles. The standard InChI is InChI=1S/C14H22/c1-5-11(2)6-7-14-9-12(3)8-13(4)10-14/h8-11H,5-7H2,1-4H3. The molecule has 0 amide bonds. The maximum absolute atomic E-state index is 2.34. The van der Waals surface area contributed by atoms with E-state index in [1.165, 1.54) is 36.0 Å². The summed E-state index contributed by atoms with van der Waals surface area (Å²) in [5, 5.41) is 0. The van der Waals surface area contributed by atoms with Crippen LogP contribution in [0.3, 0.4) is 0 Å². The third kappa shape index (κ3) is 3.53. The number of hydrogen-bond acceptors (Lipinski definition) is 0. The molecule has 0 heteroatoms. The maximum Gasteiger partial charge on any atom is -0.0276 e. The molecule has 0 bridgehead atoms. The molecule has 0 fully saturated rings. The van der Waals surface area contributed by atoms with Gasteiger partial charge in [0.15, 0.2) is 0 Å². The fourth-order valence-corrected chi connectivity index (χ4v) is 1.83. The third-order valence-electron chi connectivity index (χ3n) is 2.90. The van der Waals surface area contributed by atoms with Gasteiger partial charge in [-0.2, -0.15) is 0 Å². The average Bonchev–Trinajstić information content (AvgIpc) is 2.12. The third-order valence-corrected chi connectivity index (χ3v) is 2.90. The molecule has 14 heavy (non-hydrogen) atoms. The van der Waals surface area contributed by atoms with Crippen molar-refractivity contribution in [2.24, 2.45) is 5.92 Å². The minimum atomic E-state index is 0.857. The van der Waals surface area contributed by atoms with E-state index in [0.29, 0.717) is 0 Å². The van der Waals surface area contributed by atoms with Crippen LogP contribution in [0, 0.1) is 19.8 Å². The molecule has 1 unspecified atom stereocenters. The van der Waals surface area contributed by atoms with E-state index in [-0.39, 0.29) is 0 Å². The highest BCUT2D eigenvalue weighted by Gasteiger charge is 2.00. The van der Waals surface area contributed by atoms with Crippen LogP contribution in [0.2, 0.25) is 0 Å². The van der Waals surface area contributed by atoms with Crippen molar-refractivity contribution in [3.63, 3.8) is 0 Å². The maximum atomic E-state index is 2.34. The monoisotopic (exact) mass is 190 g/mol. The van der Waals surface area contributed by atoms with Crippen molar-refractivity contribution in [3.05, 3.63) is 34.9 Å². The van der Waals surface area contributed by atoms with Crippen LogP contribution in [0.5, 0.6) is 0 Å². The Hall–Kier alpha value is -0.780. The Morgan fingerprint density at radius 2 is 1.64 bits per heavy atom.